The van der Waals surface area contributed by atoms with Crippen molar-refractivity contribution in [3.8, 4) is 0 Å². The Labute approximate surface area is 100 Å². The maximum atomic E-state index is 11.1. The van der Waals surface area contributed by atoms with Crippen molar-refractivity contribution in [2.45, 2.75) is 33.3 Å². The summed E-state index contributed by atoms with van der Waals surface area (Å²) < 4.78 is 5.49. The number of amides is 1. The number of hydrogen-bond acceptors (Lipinski definition) is 5. The van der Waals surface area contributed by atoms with Crippen molar-refractivity contribution in [3.63, 3.8) is 0 Å². The third kappa shape index (κ3) is 2.91. The van der Waals surface area contributed by atoms with Crippen LogP contribution in [-0.4, -0.2) is 22.5 Å². The minimum absolute atomic E-state index is 0.109. The summed E-state index contributed by atoms with van der Waals surface area (Å²) in [4.78, 5) is 19.5. The first-order valence-electron chi connectivity index (χ1n) is 5.56. The van der Waals surface area contributed by atoms with E-state index in [4.69, 9.17) is 16.2 Å². The van der Waals surface area contributed by atoms with Gasteiger partial charge in [0.25, 0.3) is 5.91 Å². The van der Waals surface area contributed by atoms with E-state index in [1.807, 2.05) is 13.8 Å². The minimum Gasteiger partial charge on any atom is -0.383 e. The molecule has 1 aromatic heterocycles. The number of nitrogens with zero attached hydrogens (tertiary/aromatic N) is 2. The fraction of sp³-hybridized carbons (Fsp3) is 0.545. The average Bonchev–Trinajstić information content (AvgIpc) is 2.24. The number of rotatable bonds is 5. The lowest BCUT2D eigenvalue weighted by Crippen LogP contribution is -2.20. The highest BCUT2D eigenvalue weighted by Gasteiger charge is 2.18. The summed E-state index contributed by atoms with van der Waals surface area (Å²) in [7, 11) is 0. The molecule has 0 aliphatic heterocycles. The normalized spacial score (nSPS) is 12.4. The second kappa shape index (κ2) is 5.58. The van der Waals surface area contributed by atoms with Gasteiger partial charge in [-0.05, 0) is 20.3 Å². The lowest BCUT2D eigenvalue weighted by molar-refractivity contribution is 0.0534. The predicted octanol–water partition coefficient (Wildman–Crippen LogP) is 0.954. The van der Waals surface area contributed by atoms with Crippen LogP contribution in [0.15, 0.2) is 0 Å². The fourth-order valence-corrected chi connectivity index (χ4v) is 1.64. The van der Waals surface area contributed by atoms with Crippen molar-refractivity contribution in [3.05, 3.63) is 17.1 Å². The highest BCUT2D eigenvalue weighted by molar-refractivity contribution is 5.98. The lowest BCUT2D eigenvalue weighted by atomic mass is 10.2. The monoisotopic (exact) mass is 238 g/mol. The fourth-order valence-electron chi connectivity index (χ4n) is 1.64. The highest BCUT2D eigenvalue weighted by Crippen LogP contribution is 2.21. The number of anilines is 1. The Balaban J connectivity index is 3.17. The van der Waals surface area contributed by atoms with Gasteiger partial charge >= 0.3 is 0 Å². The van der Waals surface area contributed by atoms with Gasteiger partial charge in [-0.2, -0.15) is 0 Å². The molecule has 6 heteroatoms. The SMILES string of the molecule is CCOC(CC)c1nc(C)c(C(N)=O)c(N)n1. The van der Waals surface area contributed by atoms with Crippen molar-refractivity contribution >= 4 is 11.7 Å². The molecule has 1 aromatic rings. The molecule has 0 saturated carbocycles. The van der Waals surface area contributed by atoms with E-state index in [0.717, 1.165) is 6.42 Å². The first kappa shape index (κ1) is 13.4. The largest absolute Gasteiger partial charge is 0.383 e. The van der Waals surface area contributed by atoms with E-state index in [-0.39, 0.29) is 17.5 Å². The highest BCUT2D eigenvalue weighted by atomic mass is 16.5. The van der Waals surface area contributed by atoms with E-state index < -0.39 is 5.91 Å². The number of primary amides is 1. The molecule has 0 aliphatic rings. The van der Waals surface area contributed by atoms with Gasteiger partial charge in [0, 0.05) is 6.61 Å². The smallest absolute Gasteiger partial charge is 0.254 e. The number of carbonyl (C=O) groups excluding carboxylic acids is 1. The van der Waals surface area contributed by atoms with Gasteiger partial charge in [-0.25, -0.2) is 9.97 Å². The molecule has 1 atom stereocenters. The summed E-state index contributed by atoms with van der Waals surface area (Å²) in [5.74, 6) is -0.0106. The van der Waals surface area contributed by atoms with Gasteiger partial charge in [0.2, 0.25) is 0 Å². The van der Waals surface area contributed by atoms with Crippen LogP contribution in [0.25, 0.3) is 0 Å². The maximum Gasteiger partial charge on any atom is 0.254 e. The van der Waals surface area contributed by atoms with E-state index >= 15 is 0 Å². The molecule has 0 spiro atoms. The second-order valence-electron chi connectivity index (χ2n) is 3.64. The van der Waals surface area contributed by atoms with Crippen LogP contribution in [0.2, 0.25) is 0 Å². The number of carbonyl (C=O) groups is 1. The van der Waals surface area contributed by atoms with E-state index in [1.165, 1.54) is 0 Å². The zero-order valence-corrected chi connectivity index (χ0v) is 10.4. The van der Waals surface area contributed by atoms with Gasteiger partial charge in [-0.1, -0.05) is 6.92 Å². The molecule has 1 unspecified atom stereocenters. The van der Waals surface area contributed by atoms with Crippen molar-refractivity contribution in [1.82, 2.24) is 9.97 Å². The predicted molar refractivity (Wildman–Crippen MR) is 64.4 cm³/mol. The first-order chi connectivity index (χ1) is 8.01. The van der Waals surface area contributed by atoms with Crippen molar-refractivity contribution in [1.29, 1.82) is 0 Å². The average molecular weight is 238 g/mol. The molecular formula is C11H18N4O2. The Kier molecular flexibility index (Phi) is 4.39. The van der Waals surface area contributed by atoms with Crippen LogP contribution in [0, 0.1) is 6.92 Å². The molecule has 0 aliphatic carbocycles. The van der Waals surface area contributed by atoms with Crippen LogP contribution in [-0.2, 0) is 4.74 Å². The molecule has 6 nitrogen and oxygen atoms in total. The molecular weight excluding hydrogens is 220 g/mol. The van der Waals surface area contributed by atoms with E-state index in [1.54, 1.807) is 6.92 Å². The molecule has 0 bridgehead atoms. The molecule has 0 saturated heterocycles. The Bertz CT molecular complexity index is 397. The summed E-state index contributed by atoms with van der Waals surface area (Å²) in [5.41, 5.74) is 11.6. The van der Waals surface area contributed by atoms with Crippen molar-refractivity contribution < 1.29 is 9.53 Å². The molecule has 1 rings (SSSR count). The molecule has 94 valence electrons. The standard InChI is InChI=1S/C11H18N4O2/c1-4-7(17-5-2)11-14-6(3)8(10(13)16)9(12)15-11/h7H,4-5H2,1-3H3,(H2,13,16)(H2,12,14,15). The Morgan fingerprint density at radius 1 is 1.41 bits per heavy atom. The van der Waals surface area contributed by atoms with Crippen LogP contribution in [0.3, 0.4) is 0 Å². The summed E-state index contributed by atoms with van der Waals surface area (Å²) in [6, 6.07) is 0. The van der Waals surface area contributed by atoms with Gasteiger partial charge < -0.3 is 16.2 Å². The van der Waals surface area contributed by atoms with Crippen LogP contribution >= 0.6 is 0 Å². The summed E-state index contributed by atoms with van der Waals surface area (Å²) >= 11 is 0. The molecule has 0 fully saturated rings. The molecule has 17 heavy (non-hydrogen) atoms. The number of hydrogen-bond donors (Lipinski definition) is 2. The number of aromatic nitrogens is 2. The maximum absolute atomic E-state index is 11.1. The lowest BCUT2D eigenvalue weighted by Gasteiger charge is -2.15. The number of aryl methyl sites for hydroxylation is 1. The Hall–Kier alpha value is -1.69. The van der Waals surface area contributed by atoms with Crippen molar-refractivity contribution in [2.75, 3.05) is 12.3 Å². The third-order valence-electron chi connectivity index (χ3n) is 2.41. The number of nitrogens with two attached hydrogens (primary N) is 2. The Morgan fingerprint density at radius 2 is 2.06 bits per heavy atom. The van der Waals surface area contributed by atoms with Crippen LogP contribution in [0.5, 0.6) is 0 Å². The van der Waals surface area contributed by atoms with Crippen molar-refractivity contribution in [2.24, 2.45) is 5.73 Å². The zero-order chi connectivity index (χ0) is 13.0. The molecule has 1 heterocycles. The van der Waals surface area contributed by atoms with Gasteiger partial charge in [-0.3, -0.25) is 4.79 Å². The summed E-state index contributed by atoms with van der Waals surface area (Å²) in [5, 5.41) is 0. The zero-order valence-electron chi connectivity index (χ0n) is 10.4. The van der Waals surface area contributed by atoms with E-state index in [2.05, 4.69) is 9.97 Å². The molecule has 1 amide bonds. The topological polar surface area (TPSA) is 104 Å². The first-order valence-corrected chi connectivity index (χ1v) is 5.56. The van der Waals surface area contributed by atoms with Gasteiger partial charge in [0.05, 0.1) is 5.69 Å². The van der Waals surface area contributed by atoms with Gasteiger partial charge in [0.1, 0.15) is 17.5 Å². The summed E-state index contributed by atoms with van der Waals surface area (Å²) in [6.45, 7) is 6.12. The molecule has 0 radical (unpaired) electrons. The minimum atomic E-state index is -0.615. The van der Waals surface area contributed by atoms with Gasteiger partial charge in [0.15, 0.2) is 5.82 Å². The van der Waals surface area contributed by atoms with Crippen LogP contribution in [0.4, 0.5) is 5.82 Å². The summed E-state index contributed by atoms with van der Waals surface area (Å²) in [6.07, 6.45) is 0.533. The third-order valence-corrected chi connectivity index (χ3v) is 2.41. The van der Waals surface area contributed by atoms with E-state index in [9.17, 15) is 4.79 Å². The Morgan fingerprint density at radius 3 is 2.47 bits per heavy atom. The second-order valence-corrected chi connectivity index (χ2v) is 3.64. The van der Waals surface area contributed by atoms with Crippen LogP contribution < -0.4 is 11.5 Å². The quantitative estimate of drug-likeness (QED) is 0.794. The number of ether oxygens (including phenoxy) is 1. The number of nitrogen functional groups attached to an aromatic ring is 1. The van der Waals surface area contributed by atoms with Gasteiger partial charge in [-0.15, -0.1) is 0 Å². The molecule has 0 aromatic carbocycles. The van der Waals surface area contributed by atoms with Crippen LogP contribution in [0.1, 0.15) is 48.2 Å². The van der Waals surface area contributed by atoms with E-state index in [0.29, 0.717) is 18.1 Å². The molecule has 4 N–H and O–H groups in total.